The molecule has 6 aromatic heterocycles. The molecule has 5 fully saturated rings. The van der Waals surface area contributed by atoms with E-state index in [2.05, 4.69) is 96.5 Å². The van der Waals surface area contributed by atoms with Crippen LogP contribution in [0.5, 0.6) is 0 Å². The van der Waals surface area contributed by atoms with Crippen molar-refractivity contribution < 1.29 is 53.0 Å². The summed E-state index contributed by atoms with van der Waals surface area (Å²) in [6.45, 7) is 17.1. The zero-order valence-electron chi connectivity index (χ0n) is 56.3. The maximum Gasteiger partial charge on any atom is 0.220 e. The molecule has 0 radical (unpaired) electrons. The molecule has 2 aromatic carbocycles. The van der Waals surface area contributed by atoms with Gasteiger partial charge in [0.1, 0.15) is 90.5 Å². The molecule has 12 atom stereocenters. The lowest BCUT2D eigenvalue weighted by atomic mass is 10.1. The standard InChI is InChI=1S/C26H35N7O4.C23H31N7O4.C16H25N7O3/c1-16-5-7-17(8-6-16)9-10-19(34)28-11-12-32(4)13-18-21-22(37-26(2,3)36-21)25(35-18)33-15-31-20-23(27)29-14-30-24(20)33;1-14-3-5-15(6-4-14)7-8-17(31)25-9-10-29(2)11-16-19(32)20(33)23(34-16)30-13-28-18-21(24)26-12-27-22(18)30;1-16(2)25-11-9(6-22(3)5-4-17)24-15(12(11)26-16)23-8-21-10-13(18)19-7-20-14(10)23/h5-8,14-15,18,21-22,25H,9-13H2,1-4H3,(H,28,34)(H2,27,29,30);3-6,12-13,16,19-20,23,32-33H,7-11H2,1-2H3,(H,25,31)(H2,24,26,27);7-9,11-12,15H,4-6,17H2,1-3H3,(H2,18,19,20)/t18-,21-,22-,25-;16-,19-,20-,23-;9-,11-,12-,15-/m111/s1. The van der Waals surface area contributed by atoms with E-state index >= 15 is 0 Å². The summed E-state index contributed by atoms with van der Waals surface area (Å²) >= 11 is 0. The van der Waals surface area contributed by atoms with Gasteiger partial charge in [-0.2, -0.15) is 0 Å². The Labute approximate surface area is 561 Å². The number of aromatic nitrogens is 12. The van der Waals surface area contributed by atoms with Gasteiger partial charge >= 0.3 is 0 Å². The Kier molecular flexibility index (Phi) is 22.0. The van der Waals surface area contributed by atoms with Crippen LogP contribution in [0.15, 0.2) is 86.5 Å². The van der Waals surface area contributed by atoms with Gasteiger partial charge in [-0.1, -0.05) is 59.7 Å². The summed E-state index contributed by atoms with van der Waals surface area (Å²) in [7, 11) is 5.89. The first-order chi connectivity index (χ1) is 46.4. The Hall–Kier alpha value is -8.09. The highest BCUT2D eigenvalue weighted by Crippen LogP contribution is 2.46. The summed E-state index contributed by atoms with van der Waals surface area (Å²) in [5.41, 5.74) is 31.2. The van der Waals surface area contributed by atoms with Crippen molar-refractivity contribution in [3.05, 3.63) is 109 Å². The summed E-state index contributed by atoms with van der Waals surface area (Å²) < 4.78 is 48.7. The second-order valence-corrected chi connectivity index (χ2v) is 26.3. The summed E-state index contributed by atoms with van der Waals surface area (Å²) in [6.07, 6.45) is 5.23. The molecule has 5 aliphatic heterocycles. The highest BCUT2D eigenvalue weighted by molar-refractivity contribution is 5.83. The van der Waals surface area contributed by atoms with E-state index in [9.17, 15) is 19.8 Å². The molecular formula is C65H91N21O11. The summed E-state index contributed by atoms with van der Waals surface area (Å²) in [4.78, 5) is 68.4. The van der Waals surface area contributed by atoms with Crippen LogP contribution in [0.1, 0.15) is 81.5 Å². The molecule has 0 bridgehead atoms. The molecule has 5 saturated heterocycles. The number of hydrogen-bond donors (Lipinski definition) is 8. The molecule has 5 aliphatic rings. The molecule has 12 N–H and O–H groups in total. The number of carbonyl (C=O) groups is 2. The van der Waals surface area contributed by atoms with Gasteiger partial charge in [-0.05, 0) is 86.7 Å². The van der Waals surface area contributed by atoms with Gasteiger partial charge in [0.05, 0.1) is 19.0 Å². The minimum Gasteiger partial charge on any atom is -0.387 e. The van der Waals surface area contributed by atoms with Crippen molar-refractivity contribution >= 4 is 62.8 Å². The van der Waals surface area contributed by atoms with Gasteiger partial charge in [0.25, 0.3) is 0 Å². The highest BCUT2D eigenvalue weighted by atomic mass is 16.8. The van der Waals surface area contributed by atoms with E-state index < -0.39 is 48.6 Å². The van der Waals surface area contributed by atoms with Crippen molar-refractivity contribution in [2.75, 3.05) is 97.2 Å². The van der Waals surface area contributed by atoms with Crippen LogP contribution >= 0.6 is 0 Å². The van der Waals surface area contributed by atoms with Crippen LogP contribution in [0, 0.1) is 13.8 Å². The Morgan fingerprint density at radius 2 is 0.845 bits per heavy atom. The van der Waals surface area contributed by atoms with Crippen molar-refractivity contribution in [2.24, 2.45) is 5.73 Å². The quantitative estimate of drug-likeness (QED) is 0.0450. The van der Waals surface area contributed by atoms with Crippen molar-refractivity contribution in [3.8, 4) is 0 Å². The number of rotatable bonds is 23. The average Bonchev–Trinajstić information content (AvgIpc) is 1.60. The molecule has 13 rings (SSSR count). The number of ether oxygens (including phenoxy) is 7. The normalized spacial score (nSPS) is 25.4. The number of nitrogens with zero attached hydrogens (tertiary/aromatic N) is 15. The SMILES string of the molecule is CN(CCN)C[C@H]1O[C@@H](n2cnc3c(N)ncnc32)[C@@H]2OC(C)(C)O[C@@H]21.Cc1ccc(CCC(=O)NCCN(C)C[C@H]2O[C@@H](n3cnc4c(N)ncnc43)[C@@H]3OC(C)(C)O[C@@H]32)cc1.Cc1ccc(CCC(=O)NCCN(C)C[C@H]2O[C@@H](n3cnc4c(N)ncnc43)[C@H](O)[C@@H]2O)cc1. The molecule has 522 valence electrons. The van der Waals surface area contributed by atoms with E-state index in [0.29, 0.717) is 117 Å². The topological polar surface area (TPSA) is 408 Å². The Morgan fingerprint density at radius 3 is 1.24 bits per heavy atom. The molecule has 2 amide bonds. The van der Waals surface area contributed by atoms with Crippen LogP contribution in [0.3, 0.4) is 0 Å². The summed E-state index contributed by atoms with van der Waals surface area (Å²) in [5, 5.41) is 27.1. The van der Waals surface area contributed by atoms with Gasteiger partial charge in [0.15, 0.2) is 64.7 Å². The third-order valence-corrected chi connectivity index (χ3v) is 17.7. The number of likely N-dealkylation sites (N-methyl/N-ethyl adjacent to an activating group) is 3. The third kappa shape index (κ3) is 16.6. The number of anilines is 3. The van der Waals surface area contributed by atoms with Crippen LogP contribution in [0.25, 0.3) is 33.5 Å². The van der Waals surface area contributed by atoms with E-state index in [0.717, 1.165) is 18.5 Å². The predicted octanol–water partition coefficient (Wildman–Crippen LogP) is 1.55. The van der Waals surface area contributed by atoms with E-state index in [1.54, 1.807) is 17.2 Å². The van der Waals surface area contributed by atoms with E-state index in [1.807, 2.05) is 94.1 Å². The fraction of sp³-hybridized carbons (Fsp3) is 0.554. The number of aliphatic hydroxyl groups is 2. The van der Waals surface area contributed by atoms with Crippen LogP contribution < -0.4 is 33.6 Å². The Bertz CT molecular complexity index is 3950. The van der Waals surface area contributed by atoms with Crippen LogP contribution in [-0.2, 0) is 55.6 Å². The van der Waals surface area contributed by atoms with Gasteiger partial charge in [0, 0.05) is 71.7 Å². The minimum absolute atomic E-state index is 0.00476. The number of hydrogen-bond acceptors (Lipinski definition) is 27. The van der Waals surface area contributed by atoms with E-state index in [4.69, 9.17) is 56.1 Å². The van der Waals surface area contributed by atoms with Gasteiger partial charge in [-0.3, -0.25) is 23.3 Å². The lowest BCUT2D eigenvalue weighted by molar-refractivity contribution is -0.197. The highest BCUT2D eigenvalue weighted by Gasteiger charge is 2.58. The maximum atomic E-state index is 12.3. The smallest absolute Gasteiger partial charge is 0.220 e. The lowest BCUT2D eigenvalue weighted by Gasteiger charge is -2.27. The fourth-order valence-electron chi connectivity index (χ4n) is 12.7. The van der Waals surface area contributed by atoms with E-state index in [1.165, 1.54) is 42.0 Å². The molecule has 11 heterocycles. The molecular weight excluding hydrogens is 1250 g/mol. The van der Waals surface area contributed by atoms with Crippen LogP contribution in [-0.4, -0.2) is 242 Å². The number of amides is 2. The number of imidazole rings is 3. The lowest BCUT2D eigenvalue weighted by Crippen LogP contribution is -2.41. The van der Waals surface area contributed by atoms with Gasteiger partial charge in [-0.15, -0.1) is 0 Å². The molecule has 0 saturated carbocycles. The van der Waals surface area contributed by atoms with Crippen molar-refractivity contribution in [1.29, 1.82) is 0 Å². The largest absolute Gasteiger partial charge is 0.387 e. The van der Waals surface area contributed by atoms with Crippen molar-refractivity contribution in [2.45, 2.75) is 152 Å². The number of aliphatic hydroxyl groups excluding tert-OH is 2. The zero-order valence-corrected chi connectivity index (χ0v) is 56.3. The van der Waals surface area contributed by atoms with Gasteiger partial charge in [0.2, 0.25) is 11.8 Å². The molecule has 97 heavy (non-hydrogen) atoms. The zero-order chi connectivity index (χ0) is 68.9. The van der Waals surface area contributed by atoms with Crippen molar-refractivity contribution in [3.63, 3.8) is 0 Å². The van der Waals surface area contributed by atoms with Crippen molar-refractivity contribution in [1.82, 2.24) is 83.9 Å². The molecule has 0 spiro atoms. The minimum atomic E-state index is -1.16. The molecule has 0 unspecified atom stereocenters. The van der Waals surface area contributed by atoms with Gasteiger partial charge in [-0.25, -0.2) is 44.9 Å². The number of fused-ring (bicyclic) bond motifs is 5. The van der Waals surface area contributed by atoms with E-state index in [-0.39, 0.29) is 54.3 Å². The van der Waals surface area contributed by atoms with Gasteiger partial charge < -0.3 is 91.6 Å². The molecule has 32 nitrogen and oxygen atoms in total. The first kappa shape index (κ1) is 70.2. The first-order valence-corrected chi connectivity index (χ1v) is 32.7. The van der Waals surface area contributed by atoms with Crippen LogP contribution in [0.4, 0.5) is 17.5 Å². The summed E-state index contributed by atoms with van der Waals surface area (Å²) in [5.74, 6) is -0.473. The average molecular weight is 1340 g/mol. The second-order valence-electron chi connectivity index (χ2n) is 26.3. The number of nitrogens with one attached hydrogen (secondary N) is 2. The summed E-state index contributed by atoms with van der Waals surface area (Å²) in [6, 6.07) is 16.5. The molecule has 0 aliphatic carbocycles. The molecule has 32 heteroatoms. The fourth-order valence-corrected chi connectivity index (χ4v) is 12.7. The second kappa shape index (κ2) is 30.4. The molecule has 8 aromatic rings. The van der Waals surface area contributed by atoms with Crippen LogP contribution in [0.2, 0.25) is 0 Å². The number of carbonyl (C=O) groups excluding carboxylic acids is 2. The monoisotopic (exact) mass is 1340 g/mol. The number of nitrogen functional groups attached to an aromatic ring is 3. The number of aryl methyl sites for hydroxylation is 4. The Balaban J connectivity index is 0.000000150. The predicted molar refractivity (Wildman–Crippen MR) is 357 cm³/mol. The maximum absolute atomic E-state index is 12.3. The first-order valence-electron chi connectivity index (χ1n) is 32.7. The Morgan fingerprint density at radius 1 is 0.495 bits per heavy atom. The third-order valence-electron chi connectivity index (χ3n) is 17.7. The number of benzene rings is 2. The number of nitrogens with two attached hydrogens (primary N) is 4.